The molecule has 3 aromatic rings. The molecule has 10 heteroatoms. The number of H-pyrrole nitrogens is 1. The maximum atomic E-state index is 12.4. The van der Waals surface area contributed by atoms with E-state index in [-0.39, 0.29) is 11.2 Å². The molecule has 0 radical (unpaired) electrons. The smallest absolute Gasteiger partial charge is 0.287 e. The van der Waals surface area contributed by atoms with Crippen molar-refractivity contribution in [2.45, 2.75) is 20.4 Å². The Morgan fingerprint density at radius 2 is 2.00 bits per heavy atom. The zero-order chi connectivity index (χ0) is 19.8. The van der Waals surface area contributed by atoms with Crippen LogP contribution in [0.3, 0.4) is 0 Å². The van der Waals surface area contributed by atoms with Crippen LogP contribution in [0.5, 0.6) is 0 Å². The second-order valence-corrected chi connectivity index (χ2v) is 8.07. The molecule has 146 valence electrons. The number of piperazine rings is 1. The van der Waals surface area contributed by atoms with Crippen molar-refractivity contribution in [3.63, 3.8) is 0 Å². The number of hydrogen-bond donors (Lipinski definition) is 1. The van der Waals surface area contributed by atoms with Crippen molar-refractivity contribution in [2.24, 2.45) is 0 Å². The SMILES string of the molecule is Cc1sc2nc(CN3CCN(c4ccc([N+](=O)[O-])cn4)CC3)[nH]c(=O)c2c1C. The van der Waals surface area contributed by atoms with E-state index in [0.29, 0.717) is 17.8 Å². The molecule has 28 heavy (non-hydrogen) atoms. The van der Waals surface area contributed by atoms with E-state index >= 15 is 0 Å². The fourth-order valence-electron chi connectivity index (χ4n) is 3.39. The third kappa shape index (κ3) is 3.48. The summed E-state index contributed by atoms with van der Waals surface area (Å²) >= 11 is 1.56. The van der Waals surface area contributed by atoms with Crippen LogP contribution in [0.15, 0.2) is 23.1 Å². The van der Waals surface area contributed by atoms with Gasteiger partial charge in [0.25, 0.3) is 11.2 Å². The molecule has 0 bridgehead atoms. The lowest BCUT2D eigenvalue weighted by molar-refractivity contribution is -0.385. The topological polar surface area (TPSA) is 108 Å². The van der Waals surface area contributed by atoms with Crippen molar-refractivity contribution in [3.8, 4) is 0 Å². The standard InChI is InChI=1S/C18H20N6O3S/c1-11-12(2)28-18-16(11)17(25)20-14(21-18)10-22-5-7-23(8-6-22)15-4-3-13(9-19-15)24(26)27/h3-4,9H,5-8,10H2,1-2H3,(H,20,21,25). The molecule has 1 fully saturated rings. The fraction of sp³-hybridized carbons (Fsp3) is 0.389. The minimum Gasteiger partial charge on any atom is -0.354 e. The summed E-state index contributed by atoms with van der Waals surface area (Å²) in [7, 11) is 0. The van der Waals surface area contributed by atoms with Crippen LogP contribution in [0, 0.1) is 24.0 Å². The Kier molecular flexibility index (Phi) is 4.82. The number of fused-ring (bicyclic) bond motifs is 1. The Hall–Kier alpha value is -2.85. The van der Waals surface area contributed by atoms with Gasteiger partial charge in [0.2, 0.25) is 0 Å². The third-order valence-electron chi connectivity index (χ3n) is 5.10. The van der Waals surface area contributed by atoms with Gasteiger partial charge in [0, 0.05) is 37.1 Å². The van der Waals surface area contributed by atoms with E-state index in [2.05, 4.69) is 24.8 Å². The van der Waals surface area contributed by atoms with Crippen LogP contribution in [0.1, 0.15) is 16.3 Å². The minimum absolute atomic E-state index is 0.00754. The lowest BCUT2D eigenvalue weighted by Gasteiger charge is -2.35. The molecule has 1 saturated heterocycles. The van der Waals surface area contributed by atoms with Crippen molar-refractivity contribution in [2.75, 3.05) is 31.1 Å². The van der Waals surface area contributed by atoms with Crippen molar-refractivity contribution in [3.05, 3.63) is 55.1 Å². The van der Waals surface area contributed by atoms with Gasteiger partial charge in [-0.25, -0.2) is 9.97 Å². The molecule has 4 heterocycles. The van der Waals surface area contributed by atoms with E-state index in [4.69, 9.17) is 0 Å². The second kappa shape index (κ2) is 7.28. The maximum absolute atomic E-state index is 12.4. The van der Waals surface area contributed by atoms with Crippen molar-refractivity contribution in [1.29, 1.82) is 0 Å². The van der Waals surface area contributed by atoms with Gasteiger partial charge in [-0.2, -0.15) is 0 Å². The molecule has 0 amide bonds. The molecular weight excluding hydrogens is 380 g/mol. The number of nitro groups is 1. The average molecular weight is 400 g/mol. The molecular formula is C18H20N6O3S. The van der Waals surface area contributed by atoms with Crippen LogP contribution in [-0.4, -0.2) is 51.0 Å². The number of anilines is 1. The monoisotopic (exact) mass is 400 g/mol. The predicted molar refractivity (Wildman–Crippen MR) is 108 cm³/mol. The molecule has 0 atom stereocenters. The summed E-state index contributed by atoms with van der Waals surface area (Å²) < 4.78 is 0. The number of pyridine rings is 1. The van der Waals surface area contributed by atoms with Crippen molar-refractivity contribution in [1.82, 2.24) is 19.9 Å². The van der Waals surface area contributed by atoms with Gasteiger partial charge < -0.3 is 9.88 Å². The van der Waals surface area contributed by atoms with E-state index < -0.39 is 4.92 Å². The van der Waals surface area contributed by atoms with Gasteiger partial charge in [-0.15, -0.1) is 11.3 Å². The van der Waals surface area contributed by atoms with E-state index in [1.165, 1.54) is 12.3 Å². The molecule has 1 aliphatic rings. The maximum Gasteiger partial charge on any atom is 0.287 e. The number of aromatic amines is 1. The number of rotatable bonds is 4. The highest BCUT2D eigenvalue weighted by atomic mass is 32.1. The number of hydrogen-bond acceptors (Lipinski definition) is 8. The Morgan fingerprint density at radius 1 is 1.25 bits per heavy atom. The van der Waals surface area contributed by atoms with Crippen molar-refractivity contribution < 1.29 is 4.92 Å². The zero-order valence-electron chi connectivity index (χ0n) is 15.6. The van der Waals surface area contributed by atoms with Crippen molar-refractivity contribution >= 4 is 33.1 Å². The van der Waals surface area contributed by atoms with Crippen LogP contribution in [0.2, 0.25) is 0 Å². The highest BCUT2D eigenvalue weighted by Crippen LogP contribution is 2.26. The van der Waals surface area contributed by atoms with Gasteiger partial charge in [-0.1, -0.05) is 0 Å². The Balaban J connectivity index is 1.42. The number of aromatic nitrogens is 3. The molecule has 0 aliphatic carbocycles. The highest BCUT2D eigenvalue weighted by Gasteiger charge is 2.20. The largest absolute Gasteiger partial charge is 0.354 e. The molecule has 9 nitrogen and oxygen atoms in total. The molecule has 3 aromatic heterocycles. The van der Waals surface area contributed by atoms with E-state index in [0.717, 1.165) is 47.3 Å². The minimum atomic E-state index is -0.449. The summed E-state index contributed by atoms with van der Waals surface area (Å²) in [4.78, 5) is 40.7. The number of thiophene rings is 1. The van der Waals surface area contributed by atoms with Crippen LogP contribution in [-0.2, 0) is 6.54 Å². The Morgan fingerprint density at radius 3 is 2.64 bits per heavy atom. The lowest BCUT2D eigenvalue weighted by atomic mass is 10.2. The normalized spacial score (nSPS) is 15.3. The van der Waals surface area contributed by atoms with Gasteiger partial charge in [0.05, 0.1) is 16.9 Å². The summed E-state index contributed by atoms with van der Waals surface area (Å²) in [5.74, 6) is 1.42. The first-order valence-corrected chi connectivity index (χ1v) is 9.80. The molecule has 1 N–H and O–H groups in total. The van der Waals surface area contributed by atoms with Gasteiger partial charge in [-0.3, -0.25) is 19.8 Å². The average Bonchev–Trinajstić information content (AvgIpc) is 2.96. The van der Waals surface area contributed by atoms with Gasteiger partial charge in [-0.05, 0) is 25.5 Å². The summed E-state index contributed by atoms with van der Waals surface area (Å²) in [5, 5.41) is 11.4. The predicted octanol–water partition coefficient (Wildman–Crippen LogP) is 2.23. The van der Waals surface area contributed by atoms with Gasteiger partial charge in [0.1, 0.15) is 22.7 Å². The van der Waals surface area contributed by atoms with Crippen LogP contribution in [0.25, 0.3) is 10.2 Å². The molecule has 0 aromatic carbocycles. The number of aryl methyl sites for hydroxylation is 2. The molecule has 0 spiro atoms. The molecule has 0 saturated carbocycles. The van der Waals surface area contributed by atoms with Gasteiger partial charge in [0.15, 0.2) is 0 Å². The summed E-state index contributed by atoms with van der Waals surface area (Å²) in [6.07, 6.45) is 1.29. The summed E-state index contributed by atoms with van der Waals surface area (Å²) in [6.45, 7) is 7.65. The lowest BCUT2D eigenvalue weighted by Crippen LogP contribution is -2.46. The van der Waals surface area contributed by atoms with E-state index in [9.17, 15) is 14.9 Å². The van der Waals surface area contributed by atoms with Crippen LogP contribution >= 0.6 is 11.3 Å². The molecule has 4 rings (SSSR count). The zero-order valence-corrected chi connectivity index (χ0v) is 16.5. The Bertz CT molecular complexity index is 1080. The van der Waals surface area contributed by atoms with Gasteiger partial charge >= 0.3 is 0 Å². The third-order valence-corrected chi connectivity index (χ3v) is 6.20. The van der Waals surface area contributed by atoms with E-state index in [1.54, 1.807) is 17.4 Å². The quantitative estimate of drug-likeness (QED) is 0.528. The first-order valence-electron chi connectivity index (χ1n) is 8.99. The Labute approximate surface area is 164 Å². The second-order valence-electron chi connectivity index (χ2n) is 6.87. The summed E-state index contributed by atoms with van der Waals surface area (Å²) in [6, 6.07) is 3.16. The molecule has 0 unspecified atom stereocenters. The van der Waals surface area contributed by atoms with E-state index in [1.807, 2.05) is 13.8 Å². The first-order chi connectivity index (χ1) is 13.4. The number of nitrogens with zero attached hydrogens (tertiary/aromatic N) is 5. The first kappa shape index (κ1) is 18.5. The highest BCUT2D eigenvalue weighted by molar-refractivity contribution is 7.18. The van der Waals surface area contributed by atoms with Crippen LogP contribution < -0.4 is 10.5 Å². The number of nitrogens with one attached hydrogen (secondary N) is 1. The molecule has 1 aliphatic heterocycles. The summed E-state index contributed by atoms with van der Waals surface area (Å²) in [5.41, 5.74) is 0.923. The van der Waals surface area contributed by atoms with Crippen LogP contribution in [0.4, 0.5) is 11.5 Å². The fourth-order valence-corrected chi connectivity index (χ4v) is 4.44.